The van der Waals surface area contributed by atoms with Crippen LogP contribution in [-0.4, -0.2) is 72.3 Å². The Morgan fingerprint density at radius 3 is 2.69 bits per heavy atom. The second-order valence-electron chi connectivity index (χ2n) is 9.95. The van der Waals surface area contributed by atoms with Crippen molar-refractivity contribution in [3.05, 3.63) is 60.8 Å². The van der Waals surface area contributed by atoms with Gasteiger partial charge >= 0.3 is 0 Å². The summed E-state index contributed by atoms with van der Waals surface area (Å²) in [7, 11) is 0.702. The van der Waals surface area contributed by atoms with Crippen LogP contribution in [-0.2, 0) is 5.75 Å². The van der Waals surface area contributed by atoms with Gasteiger partial charge in [0.05, 0.1) is 6.04 Å². The topological polar surface area (TPSA) is 80.4 Å². The smallest absolute Gasteiger partial charge is 0.188 e. The number of hydrogen-bond acceptors (Lipinski definition) is 4. The maximum Gasteiger partial charge on any atom is 0.188 e. The molecule has 0 saturated carbocycles. The van der Waals surface area contributed by atoms with Gasteiger partial charge in [0.2, 0.25) is 0 Å². The molecule has 0 bridgehead atoms. The van der Waals surface area contributed by atoms with Gasteiger partial charge in [0.15, 0.2) is 5.96 Å². The van der Waals surface area contributed by atoms with Crippen LogP contribution in [0.2, 0.25) is 0 Å². The summed E-state index contributed by atoms with van der Waals surface area (Å²) in [6.45, 7) is 13.2. The van der Waals surface area contributed by atoms with E-state index in [1.54, 1.807) is 0 Å². The second kappa shape index (κ2) is 14.4. The number of nitrogens with zero attached hydrogens (tertiary/aromatic N) is 2. The number of likely N-dealkylation sites (N-methyl/N-ethyl adjacent to an activating group) is 1. The Balaban J connectivity index is 1.77. The molecule has 1 heterocycles. The van der Waals surface area contributed by atoms with Crippen molar-refractivity contribution in [1.82, 2.24) is 19.8 Å². The SMILES string of the molecule is C=CC(CCCN(C)CC(=C)NC1CCCN(C(=N)N)C1CCC)NS(=C)(=C)Cc1ccccc1. The molecule has 0 aliphatic carbocycles. The molecule has 35 heavy (non-hydrogen) atoms. The predicted molar refractivity (Wildman–Crippen MR) is 158 cm³/mol. The van der Waals surface area contributed by atoms with Gasteiger partial charge in [-0.3, -0.25) is 10.1 Å². The number of hydrogen-bond donors (Lipinski definition) is 4. The number of benzene rings is 1. The maximum absolute atomic E-state index is 7.95. The Hall–Kier alpha value is -2.22. The molecule has 2 rings (SSSR count). The molecule has 1 aromatic carbocycles. The summed E-state index contributed by atoms with van der Waals surface area (Å²) < 4.78 is 3.65. The number of piperidine rings is 1. The molecular weight excluding hydrogens is 452 g/mol. The van der Waals surface area contributed by atoms with Gasteiger partial charge in [-0.1, -0.05) is 68.1 Å². The lowest BCUT2D eigenvalue weighted by Gasteiger charge is -2.43. The first kappa shape index (κ1) is 29.0. The summed E-state index contributed by atoms with van der Waals surface area (Å²) in [5.74, 6) is 9.80. The lowest BCUT2D eigenvalue weighted by Crippen LogP contribution is -2.57. The molecule has 0 aromatic heterocycles. The molecule has 1 fully saturated rings. The summed E-state index contributed by atoms with van der Waals surface area (Å²) in [6.07, 6.45) is 8.28. The quantitative estimate of drug-likeness (QED) is 0.125. The van der Waals surface area contributed by atoms with Crippen LogP contribution < -0.4 is 15.8 Å². The highest BCUT2D eigenvalue weighted by Crippen LogP contribution is 2.24. The minimum atomic E-state index is -1.44. The molecule has 3 atom stereocenters. The third kappa shape index (κ3) is 10.1. The van der Waals surface area contributed by atoms with Crippen LogP contribution in [0.25, 0.3) is 0 Å². The Labute approximate surface area is 214 Å². The van der Waals surface area contributed by atoms with Crippen molar-refractivity contribution in [2.24, 2.45) is 5.73 Å². The van der Waals surface area contributed by atoms with E-state index < -0.39 is 9.39 Å². The summed E-state index contributed by atoms with van der Waals surface area (Å²) in [4.78, 5) is 4.36. The fourth-order valence-electron chi connectivity index (χ4n) is 4.95. The number of likely N-dealkylation sites (tertiary alicyclic amines) is 1. The zero-order valence-corrected chi connectivity index (χ0v) is 22.8. The second-order valence-corrected chi connectivity index (χ2v) is 12.6. The van der Waals surface area contributed by atoms with Crippen molar-refractivity contribution in [3.63, 3.8) is 0 Å². The molecule has 1 aliphatic rings. The van der Waals surface area contributed by atoms with Crippen molar-refractivity contribution in [2.45, 2.75) is 69.3 Å². The van der Waals surface area contributed by atoms with Crippen molar-refractivity contribution in [1.29, 1.82) is 5.41 Å². The highest BCUT2D eigenvalue weighted by molar-refractivity contribution is 8.25. The summed E-state index contributed by atoms with van der Waals surface area (Å²) in [5.41, 5.74) is 8.16. The molecule has 1 saturated heterocycles. The van der Waals surface area contributed by atoms with Gasteiger partial charge in [0.25, 0.3) is 0 Å². The molecule has 6 nitrogen and oxygen atoms in total. The summed E-state index contributed by atoms with van der Waals surface area (Å²) in [5, 5.41) is 11.6. The van der Waals surface area contributed by atoms with E-state index in [0.29, 0.717) is 0 Å². The van der Waals surface area contributed by atoms with E-state index >= 15 is 0 Å². The van der Waals surface area contributed by atoms with Gasteiger partial charge in [-0.05, 0) is 51.3 Å². The van der Waals surface area contributed by atoms with Crippen molar-refractivity contribution in [3.8, 4) is 0 Å². The van der Waals surface area contributed by atoms with Crippen LogP contribution in [0.3, 0.4) is 0 Å². The Kier molecular flexibility index (Phi) is 11.9. The molecule has 0 amide bonds. The van der Waals surface area contributed by atoms with Crippen molar-refractivity contribution in [2.75, 3.05) is 26.7 Å². The first-order chi connectivity index (χ1) is 16.6. The van der Waals surface area contributed by atoms with Gasteiger partial charge < -0.3 is 20.9 Å². The fraction of sp³-hybridized carbons (Fsp3) is 0.536. The number of nitrogens with two attached hydrogens (primary N) is 1. The lowest BCUT2D eigenvalue weighted by atomic mass is 9.92. The average Bonchev–Trinajstić information content (AvgIpc) is 2.79. The molecule has 3 unspecified atom stereocenters. The van der Waals surface area contributed by atoms with Gasteiger partial charge in [0.1, 0.15) is 0 Å². The predicted octanol–water partition coefficient (Wildman–Crippen LogP) is 4.26. The van der Waals surface area contributed by atoms with Crippen LogP contribution in [0.15, 0.2) is 55.3 Å². The van der Waals surface area contributed by atoms with Crippen molar-refractivity contribution < 1.29 is 0 Å². The molecule has 0 spiro atoms. The van der Waals surface area contributed by atoms with E-state index in [0.717, 1.165) is 69.6 Å². The van der Waals surface area contributed by atoms with Crippen LogP contribution in [0, 0.1) is 5.41 Å². The number of nitrogens with one attached hydrogen (secondary N) is 3. The van der Waals surface area contributed by atoms with E-state index in [1.807, 2.05) is 12.1 Å². The monoisotopic (exact) mass is 500 g/mol. The molecule has 5 N–H and O–H groups in total. The first-order valence-corrected chi connectivity index (χ1v) is 14.9. The molecule has 1 aromatic rings. The third-order valence-corrected chi connectivity index (χ3v) is 8.24. The van der Waals surface area contributed by atoms with E-state index in [4.69, 9.17) is 11.1 Å². The van der Waals surface area contributed by atoms with Crippen molar-refractivity contribution >= 4 is 27.1 Å². The van der Waals surface area contributed by atoms with Crippen LogP contribution in [0.1, 0.15) is 51.0 Å². The van der Waals surface area contributed by atoms with Crippen LogP contribution in [0.4, 0.5) is 0 Å². The minimum absolute atomic E-state index is 0.183. The van der Waals surface area contributed by atoms with E-state index in [-0.39, 0.29) is 24.1 Å². The van der Waals surface area contributed by atoms with E-state index in [1.165, 1.54) is 5.56 Å². The minimum Gasteiger partial charge on any atom is -0.383 e. The normalized spacial score (nSPS) is 19.3. The fourth-order valence-corrected chi connectivity index (χ4v) is 6.72. The van der Waals surface area contributed by atoms with Crippen LogP contribution in [0.5, 0.6) is 0 Å². The highest BCUT2D eigenvalue weighted by atomic mass is 32.2. The molecule has 1 aliphatic heterocycles. The molecule has 7 heteroatoms. The standard InChI is InChI=1S/C28H48N6S/c1-7-14-27-26(18-13-20-34(27)28(29)30)31-23(3)21-33(4)19-12-17-25(8-2)32-35(5,6)22-24-15-10-9-11-16-24/h8-11,15-16,25-27,31-32H,2-3,5-7,12-14,17-22H2,1,4H3,(H3,29,30). The summed E-state index contributed by atoms with van der Waals surface area (Å²) >= 11 is 0. The zero-order valence-electron chi connectivity index (χ0n) is 22.0. The molecule has 0 radical (unpaired) electrons. The first-order valence-electron chi connectivity index (χ1n) is 12.8. The summed E-state index contributed by atoms with van der Waals surface area (Å²) in [6, 6.07) is 11.2. The van der Waals surface area contributed by atoms with E-state index in [9.17, 15) is 0 Å². The Morgan fingerprint density at radius 2 is 2.06 bits per heavy atom. The lowest BCUT2D eigenvalue weighted by molar-refractivity contribution is 0.177. The van der Waals surface area contributed by atoms with Gasteiger partial charge in [0, 0.05) is 36.6 Å². The third-order valence-electron chi connectivity index (χ3n) is 6.55. The van der Waals surface area contributed by atoms with E-state index in [2.05, 4.69) is 83.0 Å². The van der Waals surface area contributed by atoms with Gasteiger partial charge in [-0.2, -0.15) is 9.39 Å². The largest absolute Gasteiger partial charge is 0.383 e. The molecular formula is C28H48N6S. The zero-order chi connectivity index (χ0) is 25.8. The number of guanidine groups is 1. The maximum atomic E-state index is 7.95. The Morgan fingerprint density at radius 1 is 1.34 bits per heavy atom. The Bertz CT molecular complexity index is 911. The van der Waals surface area contributed by atoms with Gasteiger partial charge in [-0.25, -0.2) is 0 Å². The highest BCUT2D eigenvalue weighted by Gasteiger charge is 2.31. The van der Waals surface area contributed by atoms with Gasteiger partial charge in [-0.15, -0.1) is 6.58 Å². The number of rotatable bonds is 15. The molecule has 196 valence electrons. The average molecular weight is 501 g/mol. The van der Waals surface area contributed by atoms with Crippen LogP contribution >= 0.6 is 9.39 Å².